The Kier molecular flexibility index (Phi) is 3.64. The van der Waals surface area contributed by atoms with Crippen LogP contribution in [-0.4, -0.2) is 31.6 Å². The van der Waals surface area contributed by atoms with Crippen LogP contribution in [0.15, 0.2) is 18.5 Å². The average molecular weight is 276 g/mol. The van der Waals surface area contributed by atoms with Crippen molar-refractivity contribution in [2.24, 2.45) is 0 Å². The number of anilines is 1. The monoisotopic (exact) mass is 276 g/mol. The van der Waals surface area contributed by atoms with Crippen LogP contribution in [0.4, 0.5) is 5.82 Å². The third-order valence-corrected chi connectivity index (χ3v) is 4.90. The zero-order valence-electron chi connectivity index (χ0n) is 11.5. The molecule has 0 amide bonds. The van der Waals surface area contributed by atoms with Crippen molar-refractivity contribution in [3.05, 3.63) is 24.0 Å². The van der Waals surface area contributed by atoms with Gasteiger partial charge in [0.1, 0.15) is 12.1 Å². The van der Waals surface area contributed by atoms with Gasteiger partial charge in [0.05, 0.1) is 0 Å². The molecule has 0 aromatic carbocycles. The summed E-state index contributed by atoms with van der Waals surface area (Å²) in [5, 5.41) is 8.76. The zero-order chi connectivity index (χ0) is 13.2. The minimum Gasteiger partial charge on any atom is -0.367 e. The molecule has 1 fully saturated rings. The zero-order valence-corrected chi connectivity index (χ0v) is 12.3. The van der Waals surface area contributed by atoms with Gasteiger partial charge in [-0.2, -0.15) is 21.4 Å². The predicted octanol–water partition coefficient (Wildman–Crippen LogP) is 3.12. The number of aromatic nitrogens is 3. The first-order valence-electron chi connectivity index (χ1n) is 6.95. The van der Waals surface area contributed by atoms with E-state index in [0.29, 0.717) is 6.04 Å². The highest BCUT2D eigenvalue weighted by atomic mass is 32.2. The lowest BCUT2D eigenvalue weighted by molar-refractivity contribution is 0.743. The number of hydrogen-bond acceptors (Lipinski definition) is 4. The maximum absolute atomic E-state index is 4.30. The molecule has 0 radical (unpaired) electrons. The summed E-state index contributed by atoms with van der Waals surface area (Å²) in [4.78, 5) is 4.27. The van der Waals surface area contributed by atoms with Crippen LogP contribution in [0, 0.1) is 6.92 Å². The fraction of sp³-hybridized carbons (Fsp3) is 0.571. The lowest BCUT2D eigenvalue weighted by atomic mass is 10.2. The Morgan fingerprint density at radius 1 is 1.42 bits per heavy atom. The molecule has 0 spiro atoms. The summed E-state index contributed by atoms with van der Waals surface area (Å²) in [6.45, 7) is 4.34. The van der Waals surface area contributed by atoms with E-state index in [2.05, 4.69) is 53.1 Å². The van der Waals surface area contributed by atoms with Crippen molar-refractivity contribution in [1.29, 1.82) is 0 Å². The lowest BCUT2D eigenvalue weighted by Crippen LogP contribution is -2.18. The highest BCUT2D eigenvalue weighted by molar-refractivity contribution is 7.99. The van der Waals surface area contributed by atoms with Crippen molar-refractivity contribution in [1.82, 2.24) is 14.6 Å². The summed E-state index contributed by atoms with van der Waals surface area (Å²) in [7, 11) is 0. The standard InChI is InChI=1S/C14H20N4S/c1-3-19-12-5-4-11(8-12)17-14-7-10(2)6-13-15-9-16-18(13)14/h6-7,9,11-12,17H,3-5,8H2,1-2H3. The maximum Gasteiger partial charge on any atom is 0.157 e. The van der Waals surface area contributed by atoms with Crippen LogP contribution < -0.4 is 5.32 Å². The van der Waals surface area contributed by atoms with Crippen molar-refractivity contribution in [2.45, 2.75) is 44.4 Å². The molecule has 4 nitrogen and oxygen atoms in total. The molecular weight excluding hydrogens is 256 g/mol. The number of nitrogens with zero attached hydrogens (tertiary/aromatic N) is 3. The van der Waals surface area contributed by atoms with Gasteiger partial charge in [-0.05, 0) is 49.6 Å². The molecule has 0 bridgehead atoms. The highest BCUT2D eigenvalue weighted by Gasteiger charge is 2.25. The van der Waals surface area contributed by atoms with Crippen LogP contribution in [0.3, 0.4) is 0 Å². The average Bonchev–Trinajstić information content (AvgIpc) is 2.98. The van der Waals surface area contributed by atoms with E-state index in [1.54, 1.807) is 6.33 Å². The van der Waals surface area contributed by atoms with Gasteiger partial charge in [-0.1, -0.05) is 6.92 Å². The predicted molar refractivity (Wildman–Crippen MR) is 80.9 cm³/mol. The lowest BCUT2D eigenvalue weighted by Gasteiger charge is -2.15. The van der Waals surface area contributed by atoms with Crippen LogP contribution in [0.5, 0.6) is 0 Å². The van der Waals surface area contributed by atoms with Gasteiger partial charge in [0, 0.05) is 11.3 Å². The molecule has 5 heteroatoms. The summed E-state index contributed by atoms with van der Waals surface area (Å²) in [5.74, 6) is 2.29. The second-order valence-corrected chi connectivity index (χ2v) is 6.76. The second kappa shape index (κ2) is 5.41. The van der Waals surface area contributed by atoms with Gasteiger partial charge < -0.3 is 5.32 Å². The second-order valence-electron chi connectivity index (χ2n) is 5.18. The Morgan fingerprint density at radius 3 is 3.16 bits per heavy atom. The molecule has 1 N–H and O–H groups in total. The topological polar surface area (TPSA) is 42.2 Å². The Bertz CT molecular complexity index is 566. The van der Waals surface area contributed by atoms with Crippen LogP contribution in [0.25, 0.3) is 5.65 Å². The van der Waals surface area contributed by atoms with Crippen molar-refractivity contribution in [2.75, 3.05) is 11.1 Å². The van der Waals surface area contributed by atoms with E-state index in [9.17, 15) is 0 Å². The first-order valence-corrected chi connectivity index (χ1v) is 7.99. The van der Waals surface area contributed by atoms with Gasteiger partial charge in [0.2, 0.25) is 0 Å². The van der Waals surface area contributed by atoms with Crippen LogP contribution >= 0.6 is 11.8 Å². The Balaban J connectivity index is 1.77. The van der Waals surface area contributed by atoms with Gasteiger partial charge in [0.25, 0.3) is 0 Å². The van der Waals surface area contributed by atoms with E-state index in [4.69, 9.17) is 0 Å². The molecule has 2 heterocycles. The summed E-state index contributed by atoms with van der Waals surface area (Å²) in [6, 6.07) is 4.78. The third-order valence-electron chi connectivity index (χ3n) is 3.66. The van der Waals surface area contributed by atoms with Crippen LogP contribution in [0.1, 0.15) is 31.7 Å². The van der Waals surface area contributed by atoms with Gasteiger partial charge >= 0.3 is 0 Å². The molecule has 2 atom stereocenters. The van der Waals surface area contributed by atoms with E-state index in [1.165, 1.54) is 30.6 Å². The Hall–Kier alpha value is -1.23. The van der Waals surface area contributed by atoms with E-state index < -0.39 is 0 Å². The molecule has 0 saturated heterocycles. The third kappa shape index (κ3) is 2.71. The minimum absolute atomic E-state index is 0.568. The Morgan fingerprint density at radius 2 is 2.32 bits per heavy atom. The fourth-order valence-electron chi connectivity index (χ4n) is 2.83. The van der Waals surface area contributed by atoms with E-state index in [1.807, 2.05) is 4.52 Å². The molecule has 0 aliphatic heterocycles. The molecule has 19 heavy (non-hydrogen) atoms. The van der Waals surface area contributed by atoms with Gasteiger partial charge in [-0.3, -0.25) is 0 Å². The summed E-state index contributed by atoms with van der Waals surface area (Å²) in [6.07, 6.45) is 5.44. The Labute approximate surface area is 118 Å². The number of fused-ring (bicyclic) bond motifs is 1. The molecule has 2 aromatic heterocycles. The summed E-state index contributed by atoms with van der Waals surface area (Å²) < 4.78 is 1.90. The normalized spacial score (nSPS) is 23.1. The van der Waals surface area contributed by atoms with Crippen LogP contribution in [-0.2, 0) is 0 Å². The van der Waals surface area contributed by atoms with Crippen molar-refractivity contribution in [3.8, 4) is 0 Å². The first-order chi connectivity index (χ1) is 9.26. The molecule has 1 aliphatic carbocycles. The molecule has 1 aliphatic rings. The van der Waals surface area contributed by atoms with Crippen molar-refractivity contribution in [3.63, 3.8) is 0 Å². The number of thioether (sulfide) groups is 1. The van der Waals surface area contributed by atoms with E-state index in [0.717, 1.165) is 16.7 Å². The number of rotatable bonds is 4. The molecular formula is C14H20N4S. The van der Waals surface area contributed by atoms with Crippen molar-refractivity contribution >= 4 is 23.2 Å². The molecule has 1 saturated carbocycles. The molecule has 102 valence electrons. The number of nitrogens with one attached hydrogen (secondary N) is 1. The maximum atomic E-state index is 4.30. The number of aryl methyl sites for hydroxylation is 1. The largest absolute Gasteiger partial charge is 0.367 e. The summed E-state index contributed by atoms with van der Waals surface area (Å²) in [5.41, 5.74) is 2.14. The number of pyridine rings is 1. The van der Waals surface area contributed by atoms with Gasteiger partial charge in [-0.15, -0.1) is 0 Å². The SMILES string of the molecule is CCSC1CCC(Nc2cc(C)cc3ncnn23)C1. The molecule has 2 unspecified atom stereocenters. The fourth-order valence-corrected chi connectivity index (χ4v) is 3.97. The molecule has 2 aromatic rings. The minimum atomic E-state index is 0.568. The first kappa shape index (κ1) is 12.8. The van der Waals surface area contributed by atoms with Gasteiger partial charge in [-0.25, -0.2) is 4.98 Å². The van der Waals surface area contributed by atoms with E-state index in [-0.39, 0.29) is 0 Å². The van der Waals surface area contributed by atoms with Gasteiger partial charge in [0.15, 0.2) is 5.65 Å². The smallest absolute Gasteiger partial charge is 0.157 e. The summed E-state index contributed by atoms with van der Waals surface area (Å²) >= 11 is 2.09. The quantitative estimate of drug-likeness (QED) is 0.931. The van der Waals surface area contributed by atoms with Crippen LogP contribution in [0.2, 0.25) is 0 Å². The number of hydrogen-bond donors (Lipinski definition) is 1. The highest BCUT2D eigenvalue weighted by Crippen LogP contribution is 2.31. The van der Waals surface area contributed by atoms with Crippen molar-refractivity contribution < 1.29 is 0 Å². The molecule has 3 rings (SSSR count). The van der Waals surface area contributed by atoms with E-state index >= 15 is 0 Å².